The van der Waals surface area contributed by atoms with Crippen LogP contribution in [-0.4, -0.2) is 33.3 Å². The number of aryl methyl sites for hydroxylation is 1. The molecule has 0 atom stereocenters. The molecule has 0 saturated carbocycles. The van der Waals surface area contributed by atoms with Crippen LogP contribution in [-0.2, 0) is 17.2 Å². The van der Waals surface area contributed by atoms with Crippen molar-refractivity contribution in [2.75, 3.05) is 0 Å². The molecule has 0 spiro atoms. The summed E-state index contributed by atoms with van der Waals surface area (Å²) in [5.41, 5.74) is -5.34. The van der Waals surface area contributed by atoms with Gasteiger partial charge in [0.05, 0.1) is 11.9 Å². The van der Waals surface area contributed by atoms with Crippen LogP contribution in [0, 0.1) is 11.3 Å². The van der Waals surface area contributed by atoms with Crippen LogP contribution in [0.3, 0.4) is 0 Å². The van der Waals surface area contributed by atoms with Crippen molar-refractivity contribution in [1.29, 1.82) is 5.26 Å². The monoisotopic (exact) mass is 371 g/mol. The second-order valence-corrected chi connectivity index (χ2v) is 6.45. The highest BCUT2D eigenvalue weighted by Crippen LogP contribution is 2.33. The van der Waals surface area contributed by atoms with Gasteiger partial charge in [-0.3, -0.25) is 4.68 Å². The number of alkyl halides is 3. The minimum atomic E-state index is -5.91. The van der Waals surface area contributed by atoms with E-state index in [2.05, 4.69) is 14.4 Å². The van der Waals surface area contributed by atoms with Crippen LogP contribution in [0.25, 0.3) is 16.8 Å². The van der Waals surface area contributed by atoms with E-state index in [0.29, 0.717) is 5.69 Å². The molecule has 0 aliphatic carbocycles. The van der Waals surface area contributed by atoms with Crippen molar-refractivity contribution < 1.29 is 25.8 Å². The molecule has 0 saturated heterocycles. The molecule has 130 valence electrons. The summed E-state index contributed by atoms with van der Waals surface area (Å²) in [5, 5.41) is 17.0. The molecule has 0 unspecified atom stereocenters. The summed E-state index contributed by atoms with van der Waals surface area (Å²) < 4.78 is 67.4. The zero-order chi connectivity index (χ0) is 18.4. The van der Waals surface area contributed by atoms with Crippen molar-refractivity contribution in [3.63, 3.8) is 0 Å². The lowest BCUT2D eigenvalue weighted by Gasteiger charge is -2.11. The van der Waals surface area contributed by atoms with E-state index in [4.69, 9.17) is 5.26 Å². The molecule has 3 heterocycles. The Morgan fingerprint density at radius 2 is 2.08 bits per heavy atom. The second kappa shape index (κ2) is 5.49. The van der Waals surface area contributed by atoms with Crippen LogP contribution in [0.1, 0.15) is 5.56 Å². The molecule has 3 aromatic heterocycles. The summed E-state index contributed by atoms with van der Waals surface area (Å²) in [6, 6.07) is 4.35. The molecule has 3 aromatic rings. The first-order chi connectivity index (χ1) is 11.6. The summed E-state index contributed by atoms with van der Waals surface area (Å²) in [7, 11) is -4.28. The minimum Gasteiger partial charge on any atom is -0.374 e. The highest BCUT2D eigenvalue weighted by atomic mass is 32.2. The molecular formula is C13H8F3N5O3S. The van der Waals surface area contributed by atoms with E-state index in [9.17, 15) is 21.6 Å². The van der Waals surface area contributed by atoms with Gasteiger partial charge in [0, 0.05) is 25.0 Å². The smallest absolute Gasteiger partial charge is 0.374 e. The number of nitrogens with zero attached hydrogens (tertiary/aromatic N) is 5. The third kappa shape index (κ3) is 2.89. The summed E-state index contributed by atoms with van der Waals surface area (Å²) in [5.74, 6) is -0.672. The standard InChI is InChI=1S/C13H8F3N5O3S/c1-20-3-2-10(19-20)8-4-11(24-25(22,23)13(14,15)16)12-9(5-17)6-18-21(12)7-8/h2-4,6-7H,1H3. The van der Waals surface area contributed by atoms with Gasteiger partial charge in [-0.25, -0.2) is 4.52 Å². The molecule has 8 nitrogen and oxygen atoms in total. The van der Waals surface area contributed by atoms with Gasteiger partial charge in [0.25, 0.3) is 0 Å². The Bertz CT molecular complexity index is 1110. The maximum atomic E-state index is 12.6. The van der Waals surface area contributed by atoms with Crippen LogP contribution < -0.4 is 4.18 Å². The first kappa shape index (κ1) is 16.8. The molecule has 0 fully saturated rings. The van der Waals surface area contributed by atoms with Gasteiger partial charge in [-0.15, -0.1) is 0 Å². The van der Waals surface area contributed by atoms with E-state index in [1.54, 1.807) is 25.4 Å². The number of fused-ring (bicyclic) bond motifs is 1. The largest absolute Gasteiger partial charge is 0.534 e. The zero-order valence-electron chi connectivity index (χ0n) is 12.4. The Morgan fingerprint density at radius 3 is 2.64 bits per heavy atom. The van der Waals surface area contributed by atoms with Gasteiger partial charge >= 0.3 is 15.6 Å². The van der Waals surface area contributed by atoms with Gasteiger partial charge in [0.15, 0.2) is 5.75 Å². The molecule has 0 amide bonds. The fourth-order valence-corrected chi connectivity index (χ4v) is 2.56. The van der Waals surface area contributed by atoms with E-state index < -0.39 is 21.4 Å². The van der Waals surface area contributed by atoms with Gasteiger partial charge in [0.2, 0.25) is 0 Å². The van der Waals surface area contributed by atoms with Crippen LogP contribution in [0.5, 0.6) is 5.75 Å². The van der Waals surface area contributed by atoms with Gasteiger partial charge in [-0.05, 0) is 12.1 Å². The Hall–Kier alpha value is -3.07. The quantitative estimate of drug-likeness (QED) is 0.514. The fourth-order valence-electron chi connectivity index (χ4n) is 2.10. The summed E-state index contributed by atoms with van der Waals surface area (Å²) in [6.45, 7) is 0. The first-order valence-electron chi connectivity index (χ1n) is 6.54. The van der Waals surface area contributed by atoms with E-state index in [1.807, 2.05) is 0 Å². The number of aromatic nitrogens is 4. The number of halogens is 3. The third-order valence-corrected chi connectivity index (χ3v) is 4.16. The van der Waals surface area contributed by atoms with Crippen molar-refractivity contribution in [3.8, 4) is 23.1 Å². The van der Waals surface area contributed by atoms with Crippen molar-refractivity contribution >= 4 is 15.6 Å². The van der Waals surface area contributed by atoms with Crippen LogP contribution in [0.15, 0.2) is 30.7 Å². The van der Waals surface area contributed by atoms with Crippen LogP contribution in [0.4, 0.5) is 13.2 Å². The number of pyridine rings is 1. The molecule has 0 radical (unpaired) electrons. The van der Waals surface area contributed by atoms with Crippen molar-refractivity contribution in [3.05, 3.63) is 36.3 Å². The summed E-state index contributed by atoms with van der Waals surface area (Å²) >= 11 is 0. The van der Waals surface area contributed by atoms with E-state index in [-0.39, 0.29) is 16.6 Å². The number of rotatable bonds is 3. The van der Waals surface area contributed by atoms with Gasteiger partial charge in [-0.2, -0.15) is 37.0 Å². The molecule has 12 heteroatoms. The highest BCUT2D eigenvalue weighted by molar-refractivity contribution is 7.88. The average molecular weight is 371 g/mol. The average Bonchev–Trinajstić information content (AvgIpc) is 3.11. The maximum absolute atomic E-state index is 12.6. The van der Waals surface area contributed by atoms with Gasteiger partial charge < -0.3 is 4.18 Å². The molecule has 0 bridgehead atoms. The number of hydrogen-bond donors (Lipinski definition) is 0. The normalized spacial score (nSPS) is 12.3. The number of hydrogen-bond acceptors (Lipinski definition) is 6. The molecule has 0 N–H and O–H groups in total. The molecule has 3 rings (SSSR count). The Labute approximate surface area is 138 Å². The fraction of sp³-hybridized carbons (Fsp3) is 0.154. The van der Waals surface area contributed by atoms with Gasteiger partial charge in [-0.1, -0.05) is 0 Å². The lowest BCUT2D eigenvalue weighted by molar-refractivity contribution is -0.0499. The molecule has 0 aromatic carbocycles. The van der Waals surface area contributed by atoms with E-state index in [1.165, 1.54) is 10.9 Å². The summed E-state index contributed by atoms with van der Waals surface area (Å²) in [6.07, 6.45) is 4.08. The lowest BCUT2D eigenvalue weighted by atomic mass is 10.2. The van der Waals surface area contributed by atoms with Crippen LogP contribution >= 0.6 is 0 Å². The predicted molar refractivity (Wildman–Crippen MR) is 77.7 cm³/mol. The lowest BCUT2D eigenvalue weighted by Crippen LogP contribution is -2.28. The number of nitriles is 1. The Balaban J connectivity index is 2.24. The second-order valence-electron chi connectivity index (χ2n) is 4.91. The molecule has 0 aliphatic heterocycles. The van der Waals surface area contributed by atoms with Crippen molar-refractivity contribution in [2.45, 2.75) is 5.51 Å². The first-order valence-corrected chi connectivity index (χ1v) is 7.95. The van der Waals surface area contributed by atoms with Gasteiger partial charge in [0.1, 0.15) is 17.1 Å². The third-order valence-electron chi connectivity index (χ3n) is 3.19. The Morgan fingerprint density at radius 1 is 1.36 bits per heavy atom. The van der Waals surface area contributed by atoms with Crippen molar-refractivity contribution in [1.82, 2.24) is 19.4 Å². The SMILES string of the molecule is Cn1ccc(-c2cc(OS(=O)(=O)C(F)(F)F)c3c(C#N)cnn3c2)n1. The minimum absolute atomic E-state index is 0.139. The van der Waals surface area contributed by atoms with E-state index in [0.717, 1.165) is 16.8 Å². The Kier molecular flexibility index (Phi) is 3.68. The molecule has 25 heavy (non-hydrogen) atoms. The molecular weight excluding hydrogens is 363 g/mol. The van der Waals surface area contributed by atoms with Crippen molar-refractivity contribution in [2.24, 2.45) is 7.05 Å². The predicted octanol–water partition coefficient (Wildman–Crippen LogP) is 1.83. The van der Waals surface area contributed by atoms with Crippen LogP contribution in [0.2, 0.25) is 0 Å². The maximum Gasteiger partial charge on any atom is 0.534 e. The topological polar surface area (TPSA) is 102 Å². The zero-order valence-corrected chi connectivity index (χ0v) is 13.2. The summed E-state index contributed by atoms with van der Waals surface area (Å²) in [4.78, 5) is 0. The highest BCUT2D eigenvalue weighted by Gasteiger charge is 2.49. The van der Waals surface area contributed by atoms with E-state index >= 15 is 0 Å². The molecule has 0 aliphatic rings.